The van der Waals surface area contributed by atoms with Crippen LogP contribution >= 0.6 is 0 Å². The fraction of sp³-hybridized carbons (Fsp3) is 0.529. The van der Waals surface area contributed by atoms with Crippen molar-refractivity contribution >= 4 is 11.9 Å². The van der Waals surface area contributed by atoms with Gasteiger partial charge in [-0.15, -0.1) is 0 Å². The second-order valence-electron chi connectivity index (χ2n) is 5.71. The van der Waals surface area contributed by atoms with Gasteiger partial charge in [0.1, 0.15) is 11.6 Å². The van der Waals surface area contributed by atoms with Crippen molar-refractivity contribution in [1.82, 2.24) is 15.1 Å². The molecule has 0 unspecified atom stereocenters. The van der Waals surface area contributed by atoms with E-state index < -0.39 is 11.6 Å². The number of halogens is 2. The highest BCUT2D eigenvalue weighted by atomic mass is 19.1. The first-order valence-electron chi connectivity index (χ1n) is 8.24. The van der Waals surface area contributed by atoms with E-state index in [9.17, 15) is 13.6 Å². The number of rotatable bonds is 4. The van der Waals surface area contributed by atoms with Crippen molar-refractivity contribution in [3.05, 3.63) is 35.4 Å². The van der Waals surface area contributed by atoms with Gasteiger partial charge in [-0.2, -0.15) is 0 Å². The Bertz CT molecular complexity index is 598. The molecule has 24 heavy (non-hydrogen) atoms. The second kappa shape index (κ2) is 8.61. The van der Waals surface area contributed by atoms with E-state index in [0.29, 0.717) is 44.7 Å². The maximum absolute atomic E-state index is 13.6. The zero-order valence-corrected chi connectivity index (χ0v) is 14.2. The Labute approximate surface area is 141 Å². The van der Waals surface area contributed by atoms with Crippen LogP contribution in [0, 0.1) is 11.6 Å². The third kappa shape index (κ3) is 4.91. The van der Waals surface area contributed by atoms with Crippen LogP contribution in [0.15, 0.2) is 23.2 Å². The quantitative estimate of drug-likeness (QED) is 0.671. The summed E-state index contributed by atoms with van der Waals surface area (Å²) in [7, 11) is 0. The number of carbonyl (C=O) groups excluding carboxylic acids is 1. The number of piperazine rings is 1. The standard InChI is InChI=1S/C17H24F2N4O/c1-3-20-17(23-10-8-22(9-11-23)13(2)24)21-7-6-14-12-15(18)4-5-16(14)19/h4-5,12H,3,6-11H2,1-2H3,(H,20,21). The van der Waals surface area contributed by atoms with Gasteiger partial charge in [-0.3, -0.25) is 9.79 Å². The Hall–Kier alpha value is -2.18. The molecule has 2 rings (SSSR count). The van der Waals surface area contributed by atoms with Gasteiger partial charge >= 0.3 is 0 Å². The van der Waals surface area contributed by atoms with Crippen LogP contribution in [-0.2, 0) is 11.2 Å². The SMILES string of the molecule is CCNC(=NCCc1cc(F)ccc1F)N1CCN(C(C)=O)CC1. The van der Waals surface area contributed by atoms with E-state index in [1.54, 1.807) is 6.92 Å². The first kappa shape index (κ1) is 18.2. The Balaban J connectivity index is 1.96. The molecule has 0 atom stereocenters. The summed E-state index contributed by atoms with van der Waals surface area (Å²) < 4.78 is 26.8. The number of benzene rings is 1. The lowest BCUT2D eigenvalue weighted by Gasteiger charge is -2.36. The molecule has 0 saturated carbocycles. The van der Waals surface area contributed by atoms with Crippen LogP contribution < -0.4 is 5.32 Å². The van der Waals surface area contributed by atoms with E-state index >= 15 is 0 Å². The Morgan fingerprint density at radius 2 is 1.88 bits per heavy atom. The van der Waals surface area contributed by atoms with Gasteiger partial charge in [-0.1, -0.05) is 0 Å². The number of hydrogen-bond donors (Lipinski definition) is 1. The van der Waals surface area contributed by atoms with Gasteiger partial charge in [-0.25, -0.2) is 8.78 Å². The summed E-state index contributed by atoms with van der Waals surface area (Å²) in [6, 6.07) is 3.46. The first-order chi connectivity index (χ1) is 11.5. The lowest BCUT2D eigenvalue weighted by atomic mass is 10.1. The topological polar surface area (TPSA) is 47.9 Å². The molecule has 1 aromatic rings. The van der Waals surface area contributed by atoms with Crippen LogP contribution in [0.5, 0.6) is 0 Å². The summed E-state index contributed by atoms with van der Waals surface area (Å²) in [5.74, 6) is -0.0232. The van der Waals surface area contributed by atoms with Crippen LogP contribution in [0.4, 0.5) is 8.78 Å². The van der Waals surface area contributed by atoms with Gasteiger partial charge in [0.2, 0.25) is 5.91 Å². The van der Waals surface area contributed by atoms with Crippen molar-refractivity contribution in [3.8, 4) is 0 Å². The molecule has 1 aliphatic rings. The average molecular weight is 338 g/mol. The average Bonchev–Trinajstić information content (AvgIpc) is 2.57. The predicted molar refractivity (Wildman–Crippen MR) is 89.9 cm³/mol. The van der Waals surface area contributed by atoms with Crippen molar-refractivity contribution in [2.75, 3.05) is 39.3 Å². The van der Waals surface area contributed by atoms with Gasteiger partial charge in [0.25, 0.3) is 0 Å². The zero-order chi connectivity index (χ0) is 17.5. The zero-order valence-electron chi connectivity index (χ0n) is 14.2. The molecule has 7 heteroatoms. The summed E-state index contributed by atoms with van der Waals surface area (Å²) >= 11 is 0. The van der Waals surface area contributed by atoms with Crippen LogP contribution in [0.2, 0.25) is 0 Å². The molecule has 0 aromatic heterocycles. The molecular formula is C17H24F2N4O. The summed E-state index contributed by atoms with van der Waals surface area (Å²) in [5.41, 5.74) is 0.330. The third-order valence-corrected chi connectivity index (χ3v) is 4.01. The van der Waals surface area contributed by atoms with Gasteiger partial charge in [-0.05, 0) is 37.1 Å². The molecule has 0 aliphatic carbocycles. The molecule has 0 radical (unpaired) electrons. The Kier molecular flexibility index (Phi) is 6.52. The first-order valence-corrected chi connectivity index (χ1v) is 8.24. The highest BCUT2D eigenvalue weighted by Crippen LogP contribution is 2.10. The summed E-state index contributed by atoms with van der Waals surface area (Å²) in [5, 5.41) is 3.21. The minimum absolute atomic E-state index is 0.0816. The number of nitrogens with zero attached hydrogens (tertiary/aromatic N) is 3. The summed E-state index contributed by atoms with van der Waals surface area (Å²) in [4.78, 5) is 19.8. The highest BCUT2D eigenvalue weighted by Gasteiger charge is 2.20. The van der Waals surface area contributed by atoms with Crippen LogP contribution in [0.1, 0.15) is 19.4 Å². The van der Waals surface area contributed by atoms with E-state index in [1.807, 2.05) is 11.8 Å². The third-order valence-electron chi connectivity index (χ3n) is 4.01. The van der Waals surface area contributed by atoms with Crippen molar-refractivity contribution < 1.29 is 13.6 Å². The smallest absolute Gasteiger partial charge is 0.219 e. The maximum atomic E-state index is 13.6. The molecule has 1 aliphatic heterocycles. The van der Waals surface area contributed by atoms with Gasteiger partial charge in [0.15, 0.2) is 5.96 Å². The summed E-state index contributed by atoms with van der Waals surface area (Å²) in [6.45, 7) is 7.39. The Morgan fingerprint density at radius 3 is 2.50 bits per heavy atom. The molecule has 0 spiro atoms. The molecule has 1 aromatic carbocycles. The second-order valence-corrected chi connectivity index (χ2v) is 5.71. The fourth-order valence-electron chi connectivity index (χ4n) is 2.68. The molecule has 1 fully saturated rings. The van der Waals surface area contributed by atoms with E-state index in [1.165, 1.54) is 6.07 Å². The van der Waals surface area contributed by atoms with Gasteiger partial charge in [0.05, 0.1) is 0 Å². The number of aliphatic imine (C=N–C) groups is 1. The van der Waals surface area contributed by atoms with Crippen LogP contribution in [-0.4, -0.2) is 60.9 Å². The molecule has 1 heterocycles. The normalized spacial score (nSPS) is 15.6. The molecule has 0 bridgehead atoms. The van der Waals surface area contributed by atoms with Crippen molar-refractivity contribution in [3.63, 3.8) is 0 Å². The van der Waals surface area contributed by atoms with E-state index in [0.717, 1.165) is 24.6 Å². The molecule has 1 N–H and O–H groups in total. The number of nitrogens with one attached hydrogen (secondary N) is 1. The number of carbonyl (C=O) groups is 1. The minimum Gasteiger partial charge on any atom is -0.357 e. The molecule has 1 saturated heterocycles. The lowest BCUT2D eigenvalue weighted by molar-refractivity contribution is -0.130. The minimum atomic E-state index is -0.442. The largest absolute Gasteiger partial charge is 0.357 e. The van der Waals surface area contributed by atoms with Gasteiger partial charge < -0.3 is 15.1 Å². The van der Waals surface area contributed by atoms with E-state index in [4.69, 9.17) is 0 Å². The van der Waals surface area contributed by atoms with E-state index in [-0.39, 0.29) is 5.91 Å². The van der Waals surface area contributed by atoms with E-state index in [2.05, 4.69) is 15.2 Å². The molecule has 132 valence electrons. The summed E-state index contributed by atoms with van der Waals surface area (Å²) in [6.07, 6.45) is 0.339. The lowest BCUT2D eigenvalue weighted by Crippen LogP contribution is -2.53. The maximum Gasteiger partial charge on any atom is 0.219 e. The predicted octanol–water partition coefficient (Wildman–Crippen LogP) is 1.64. The van der Waals surface area contributed by atoms with Gasteiger partial charge in [0, 0.05) is 46.2 Å². The van der Waals surface area contributed by atoms with Crippen molar-refractivity contribution in [1.29, 1.82) is 0 Å². The Morgan fingerprint density at radius 1 is 1.21 bits per heavy atom. The van der Waals surface area contributed by atoms with Crippen molar-refractivity contribution in [2.45, 2.75) is 20.3 Å². The number of amides is 1. The highest BCUT2D eigenvalue weighted by molar-refractivity contribution is 5.80. The van der Waals surface area contributed by atoms with Crippen LogP contribution in [0.25, 0.3) is 0 Å². The number of hydrogen-bond acceptors (Lipinski definition) is 2. The number of guanidine groups is 1. The molecule has 5 nitrogen and oxygen atoms in total. The monoisotopic (exact) mass is 338 g/mol. The van der Waals surface area contributed by atoms with Crippen LogP contribution in [0.3, 0.4) is 0 Å². The molecular weight excluding hydrogens is 314 g/mol. The van der Waals surface area contributed by atoms with Crippen molar-refractivity contribution in [2.24, 2.45) is 4.99 Å². The fourth-order valence-corrected chi connectivity index (χ4v) is 2.68. The molecule has 1 amide bonds.